The van der Waals surface area contributed by atoms with Crippen molar-refractivity contribution in [3.05, 3.63) is 29.8 Å². The van der Waals surface area contributed by atoms with E-state index < -0.39 is 43.4 Å². The highest BCUT2D eigenvalue weighted by Crippen LogP contribution is 2.41. The third-order valence-electron chi connectivity index (χ3n) is 3.99. The van der Waals surface area contributed by atoms with Gasteiger partial charge in [-0.2, -0.15) is 0 Å². The van der Waals surface area contributed by atoms with Crippen LogP contribution in [0, 0.1) is 0 Å². The van der Waals surface area contributed by atoms with Crippen LogP contribution in [0.2, 0.25) is 0 Å². The van der Waals surface area contributed by atoms with E-state index in [1.165, 1.54) is 17.0 Å². The van der Waals surface area contributed by atoms with Crippen LogP contribution in [0.25, 0.3) is 0 Å². The van der Waals surface area contributed by atoms with Gasteiger partial charge in [-0.1, -0.05) is 24.3 Å². The normalized spacial score (nSPS) is 22.8. The SMILES string of the molecule is CC(C)(C)OC(=O)N1C(CF)C(c2ccc(B(O)O)cc2)OC1(C)C. The Bertz CT molecular complexity index is 614. The van der Waals surface area contributed by atoms with Gasteiger partial charge >= 0.3 is 13.2 Å². The van der Waals surface area contributed by atoms with Crippen LogP contribution in [0.1, 0.15) is 46.3 Å². The Labute approximate surface area is 147 Å². The molecule has 2 unspecified atom stereocenters. The van der Waals surface area contributed by atoms with E-state index in [1.807, 2.05) is 0 Å². The second kappa shape index (κ2) is 6.94. The zero-order valence-corrected chi connectivity index (χ0v) is 15.2. The average molecular weight is 353 g/mol. The molecule has 0 spiro atoms. The maximum absolute atomic E-state index is 13.8. The van der Waals surface area contributed by atoms with Gasteiger partial charge in [0.15, 0.2) is 0 Å². The summed E-state index contributed by atoms with van der Waals surface area (Å²) in [7, 11) is -1.58. The van der Waals surface area contributed by atoms with Crippen molar-refractivity contribution in [3.63, 3.8) is 0 Å². The fraction of sp³-hybridized carbons (Fsp3) is 0.588. The van der Waals surface area contributed by atoms with Gasteiger partial charge in [0, 0.05) is 0 Å². The van der Waals surface area contributed by atoms with E-state index in [0.717, 1.165) is 0 Å². The number of carbonyl (C=O) groups is 1. The smallest absolute Gasteiger partial charge is 0.444 e. The second-order valence-corrected chi connectivity index (χ2v) is 7.60. The lowest BCUT2D eigenvalue weighted by Gasteiger charge is -2.34. The summed E-state index contributed by atoms with van der Waals surface area (Å²) in [5.74, 6) is 0. The molecule has 0 aromatic heterocycles. The molecule has 25 heavy (non-hydrogen) atoms. The number of rotatable bonds is 3. The molecule has 0 aliphatic carbocycles. The largest absolute Gasteiger partial charge is 0.488 e. The third-order valence-corrected chi connectivity index (χ3v) is 3.99. The molecule has 2 atom stereocenters. The van der Waals surface area contributed by atoms with Gasteiger partial charge in [0.25, 0.3) is 0 Å². The molecular formula is C17H25BFNO5. The van der Waals surface area contributed by atoms with Crippen molar-refractivity contribution < 1.29 is 28.7 Å². The molecule has 1 amide bonds. The topological polar surface area (TPSA) is 79.2 Å². The molecule has 1 saturated heterocycles. The molecule has 1 aliphatic rings. The fourth-order valence-corrected chi connectivity index (χ4v) is 2.95. The Balaban J connectivity index is 2.31. The average Bonchev–Trinajstić information content (AvgIpc) is 2.76. The first-order valence-corrected chi connectivity index (χ1v) is 8.18. The number of benzene rings is 1. The molecule has 0 saturated carbocycles. The highest BCUT2D eigenvalue weighted by atomic mass is 19.1. The second-order valence-electron chi connectivity index (χ2n) is 7.60. The lowest BCUT2D eigenvalue weighted by molar-refractivity contribution is -0.0797. The van der Waals surface area contributed by atoms with Crippen molar-refractivity contribution in [1.29, 1.82) is 0 Å². The van der Waals surface area contributed by atoms with Crippen molar-refractivity contribution in [3.8, 4) is 0 Å². The highest BCUT2D eigenvalue weighted by molar-refractivity contribution is 6.58. The minimum atomic E-state index is -1.58. The number of hydrogen-bond acceptors (Lipinski definition) is 5. The van der Waals surface area contributed by atoms with Crippen molar-refractivity contribution in [2.75, 3.05) is 6.67 Å². The molecule has 1 heterocycles. The molecule has 1 aromatic rings. The standard InChI is InChI=1S/C17H25BFNO5/c1-16(2,3)25-15(21)20-13(10-19)14(24-17(20,4)5)11-6-8-12(9-7-11)18(22)23/h6-9,13-14,22-23H,10H2,1-5H3. The number of nitrogens with zero attached hydrogens (tertiary/aromatic N) is 1. The number of carbonyl (C=O) groups excluding carboxylic acids is 1. The van der Waals surface area contributed by atoms with Crippen molar-refractivity contribution in [2.45, 2.75) is 58.1 Å². The molecule has 0 radical (unpaired) electrons. The molecule has 2 N–H and O–H groups in total. The van der Waals surface area contributed by atoms with Gasteiger partial charge in [-0.15, -0.1) is 0 Å². The number of amides is 1. The highest BCUT2D eigenvalue weighted by Gasteiger charge is 2.51. The molecular weight excluding hydrogens is 328 g/mol. The van der Waals surface area contributed by atoms with Crippen molar-refractivity contribution in [1.82, 2.24) is 4.90 Å². The Kier molecular flexibility index (Phi) is 5.46. The molecule has 1 aromatic carbocycles. The summed E-state index contributed by atoms with van der Waals surface area (Å²) in [6.07, 6.45) is -1.32. The van der Waals surface area contributed by atoms with Gasteiger partial charge in [0.1, 0.15) is 24.1 Å². The molecule has 8 heteroatoms. The van der Waals surface area contributed by atoms with Crippen LogP contribution in [0.5, 0.6) is 0 Å². The monoisotopic (exact) mass is 353 g/mol. The summed E-state index contributed by atoms with van der Waals surface area (Å²) in [6.45, 7) is 7.82. The van der Waals surface area contributed by atoms with Crippen LogP contribution in [-0.2, 0) is 9.47 Å². The van der Waals surface area contributed by atoms with E-state index in [9.17, 15) is 19.2 Å². The predicted octanol–water partition coefficient (Wildman–Crippen LogP) is 1.75. The molecule has 0 bridgehead atoms. The van der Waals surface area contributed by atoms with Crippen LogP contribution in [0.3, 0.4) is 0 Å². The molecule has 6 nitrogen and oxygen atoms in total. The summed E-state index contributed by atoms with van der Waals surface area (Å²) in [5.41, 5.74) is -0.780. The maximum Gasteiger partial charge on any atom is 0.488 e. The van der Waals surface area contributed by atoms with E-state index in [2.05, 4.69) is 0 Å². The third kappa shape index (κ3) is 4.31. The fourth-order valence-electron chi connectivity index (χ4n) is 2.95. The van der Waals surface area contributed by atoms with Crippen LogP contribution < -0.4 is 5.46 Å². The van der Waals surface area contributed by atoms with E-state index >= 15 is 0 Å². The van der Waals surface area contributed by atoms with Gasteiger partial charge in [-0.3, -0.25) is 4.90 Å². The first-order chi connectivity index (χ1) is 11.5. The maximum atomic E-state index is 13.8. The molecule has 138 valence electrons. The summed E-state index contributed by atoms with van der Waals surface area (Å²) in [4.78, 5) is 13.8. The summed E-state index contributed by atoms with van der Waals surface area (Å²) < 4.78 is 25.2. The number of halogens is 1. The lowest BCUT2D eigenvalue weighted by atomic mass is 9.80. The Morgan fingerprint density at radius 1 is 1.32 bits per heavy atom. The van der Waals surface area contributed by atoms with Gasteiger partial charge in [-0.05, 0) is 45.6 Å². The molecule has 2 rings (SSSR count). The van der Waals surface area contributed by atoms with Crippen molar-refractivity contribution in [2.24, 2.45) is 0 Å². The number of alkyl halides is 1. The van der Waals surface area contributed by atoms with Crippen LogP contribution in [0.4, 0.5) is 9.18 Å². The van der Waals surface area contributed by atoms with Gasteiger partial charge in [0.2, 0.25) is 0 Å². The minimum Gasteiger partial charge on any atom is -0.444 e. The van der Waals surface area contributed by atoms with Crippen LogP contribution >= 0.6 is 0 Å². The summed E-state index contributed by atoms with van der Waals surface area (Å²) in [6, 6.07) is 5.49. The predicted molar refractivity (Wildman–Crippen MR) is 92.0 cm³/mol. The quantitative estimate of drug-likeness (QED) is 0.810. The minimum absolute atomic E-state index is 0.321. The molecule has 1 aliphatic heterocycles. The van der Waals surface area contributed by atoms with E-state index in [4.69, 9.17) is 9.47 Å². The zero-order chi connectivity index (χ0) is 19.0. The summed E-state index contributed by atoms with van der Waals surface area (Å²) >= 11 is 0. The van der Waals surface area contributed by atoms with E-state index in [-0.39, 0.29) is 0 Å². The van der Waals surface area contributed by atoms with Crippen molar-refractivity contribution >= 4 is 18.7 Å². The lowest BCUT2D eigenvalue weighted by Crippen LogP contribution is -2.50. The van der Waals surface area contributed by atoms with E-state index in [1.54, 1.807) is 46.8 Å². The van der Waals surface area contributed by atoms with Gasteiger partial charge in [-0.25, -0.2) is 9.18 Å². The van der Waals surface area contributed by atoms with Crippen LogP contribution in [0.15, 0.2) is 24.3 Å². The summed E-state index contributed by atoms with van der Waals surface area (Å²) in [5, 5.41) is 18.4. The Hall–Kier alpha value is -1.64. The molecule has 1 fully saturated rings. The Morgan fingerprint density at radius 3 is 2.32 bits per heavy atom. The van der Waals surface area contributed by atoms with Gasteiger partial charge < -0.3 is 19.5 Å². The van der Waals surface area contributed by atoms with Crippen LogP contribution in [-0.4, -0.2) is 52.2 Å². The van der Waals surface area contributed by atoms with E-state index in [0.29, 0.717) is 11.0 Å². The zero-order valence-electron chi connectivity index (χ0n) is 15.2. The first kappa shape index (κ1) is 19.7. The first-order valence-electron chi connectivity index (χ1n) is 8.18. The Morgan fingerprint density at radius 2 is 1.88 bits per heavy atom. The van der Waals surface area contributed by atoms with Gasteiger partial charge in [0.05, 0.1) is 6.04 Å². The number of ether oxygens (including phenoxy) is 2. The number of hydrogen-bond donors (Lipinski definition) is 2.